The monoisotopic (exact) mass is 695 g/mol. The van der Waals surface area contributed by atoms with E-state index in [2.05, 4.69) is 65.8 Å². The molecular weight excluding hydrogens is 621 g/mol. The summed E-state index contributed by atoms with van der Waals surface area (Å²) in [6.07, 6.45) is 27.6. The maximum Gasteiger partial charge on any atom is 0.408 e. The Morgan fingerprint density at radius 2 is 0.694 bits per heavy atom. The molecule has 49 heavy (non-hydrogen) atoms. The van der Waals surface area contributed by atoms with Crippen LogP contribution in [-0.2, 0) is 8.85 Å². The average Bonchev–Trinajstić information content (AvgIpc) is 3.34. The first kappa shape index (κ1) is 41.6. The zero-order valence-corrected chi connectivity index (χ0v) is 33.8. The summed E-state index contributed by atoms with van der Waals surface area (Å²) < 4.78 is 27.3. The summed E-state index contributed by atoms with van der Waals surface area (Å²) in [7, 11) is -2.95. The van der Waals surface area contributed by atoms with Crippen molar-refractivity contribution in [2.75, 3.05) is 26.4 Å². The van der Waals surface area contributed by atoms with Gasteiger partial charge in [-0.15, -0.1) is 0 Å². The molecule has 1 aliphatic rings. The molecule has 1 aliphatic heterocycles. The van der Waals surface area contributed by atoms with Gasteiger partial charge in [0.1, 0.15) is 11.5 Å². The molecule has 1 heterocycles. The maximum atomic E-state index is 7.21. The molecule has 0 saturated heterocycles. The number of hydrogen-bond acceptors (Lipinski definition) is 4. The van der Waals surface area contributed by atoms with Crippen molar-refractivity contribution in [3.05, 3.63) is 35.4 Å². The lowest BCUT2D eigenvalue weighted by molar-refractivity contribution is 0.185. The Bertz CT molecular complexity index is 1090. The number of unbranched alkanes of at least 4 members (excludes halogenated alkanes) is 18. The maximum absolute atomic E-state index is 7.21. The summed E-state index contributed by atoms with van der Waals surface area (Å²) in [4.78, 5) is 0. The largest absolute Gasteiger partial charge is 0.493 e. The van der Waals surface area contributed by atoms with Crippen LogP contribution < -0.4 is 19.8 Å². The molecule has 0 amide bonds. The summed E-state index contributed by atoms with van der Waals surface area (Å²) in [5.74, 6) is 1.98. The van der Waals surface area contributed by atoms with Gasteiger partial charge in [0.05, 0.1) is 13.2 Å². The molecule has 0 unspecified atom stereocenters. The van der Waals surface area contributed by atoms with E-state index < -0.39 is 8.56 Å². The second-order valence-corrected chi connectivity index (χ2v) is 17.6. The van der Waals surface area contributed by atoms with Crippen LogP contribution in [0.3, 0.4) is 0 Å². The van der Waals surface area contributed by atoms with Crippen LogP contribution in [0, 0.1) is 13.8 Å². The first-order valence-electron chi connectivity index (χ1n) is 20.9. The summed E-state index contributed by atoms with van der Waals surface area (Å²) in [5.41, 5.74) is 4.81. The van der Waals surface area contributed by atoms with Crippen LogP contribution in [0.15, 0.2) is 24.3 Å². The Hall–Kier alpha value is -1.82. The third-order valence-corrected chi connectivity index (χ3v) is 13.7. The molecule has 0 radical (unpaired) electrons. The van der Waals surface area contributed by atoms with E-state index in [9.17, 15) is 0 Å². The van der Waals surface area contributed by atoms with Crippen molar-refractivity contribution in [1.82, 2.24) is 0 Å². The normalized spacial score (nSPS) is 13.1. The van der Waals surface area contributed by atoms with Gasteiger partial charge in [0.25, 0.3) is 0 Å². The Morgan fingerprint density at radius 1 is 0.388 bits per heavy atom. The molecule has 3 rings (SSSR count). The summed E-state index contributed by atoms with van der Waals surface area (Å²) in [6, 6.07) is 9.30. The van der Waals surface area contributed by atoms with Crippen molar-refractivity contribution >= 4 is 18.9 Å². The van der Waals surface area contributed by atoms with Gasteiger partial charge < -0.3 is 18.3 Å². The molecule has 0 atom stereocenters. The van der Waals surface area contributed by atoms with Gasteiger partial charge in [-0.2, -0.15) is 0 Å². The minimum Gasteiger partial charge on any atom is -0.493 e. The Morgan fingerprint density at radius 3 is 1.06 bits per heavy atom. The van der Waals surface area contributed by atoms with Crippen LogP contribution in [0.5, 0.6) is 11.5 Å². The van der Waals surface area contributed by atoms with E-state index >= 15 is 0 Å². The molecule has 2 aromatic carbocycles. The summed E-state index contributed by atoms with van der Waals surface area (Å²) in [6.45, 7) is 16.5. The standard InChI is InChI=1S/C44H74O4Si/c1-7-11-15-17-19-21-23-27-31-47-49(48-32-28-24-22-20-18-16-12-8-2)43-33-37(5)41(45-29-25-13-9-3)35-39(43)40-36-42(38(6)34-44(40)49)46-30-26-14-10-4/h33-36H,7-32H2,1-6H3. The summed E-state index contributed by atoms with van der Waals surface area (Å²) in [5, 5.41) is 2.53. The van der Waals surface area contributed by atoms with E-state index in [0.29, 0.717) is 0 Å². The lowest BCUT2D eigenvalue weighted by Gasteiger charge is -2.30. The lowest BCUT2D eigenvalue weighted by Crippen LogP contribution is -2.61. The van der Waals surface area contributed by atoms with Crippen LogP contribution in [0.25, 0.3) is 11.1 Å². The van der Waals surface area contributed by atoms with E-state index in [4.69, 9.17) is 18.3 Å². The zero-order valence-electron chi connectivity index (χ0n) is 32.8. The van der Waals surface area contributed by atoms with E-state index in [0.717, 1.165) is 63.6 Å². The van der Waals surface area contributed by atoms with E-state index in [1.807, 2.05) is 0 Å². The van der Waals surface area contributed by atoms with Gasteiger partial charge in [0.2, 0.25) is 0 Å². The van der Waals surface area contributed by atoms with Crippen molar-refractivity contribution in [3.8, 4) is 22.6 Å². The van der Waals surface area contributed by atoms with Gasteiger partial charge in [-0.3, -0.25) is 0 Å². The molecule has 0 spiro atoms. The Balaban J connectivity index is 1.88. The SMILES string of the molecule is CCCCCCCCCCO[Si]1(OCCCCCCCCCC)c2cc(C)c(OCCCCC)cc2-c2cc(OCCCCC)c(C)cc21. The predicted octanol–water partition coefficient (Wildman–Crippen LogP) is 12.3. The van der Waals surface area contributed by atoms with Crippen LogP contribution in [-0.4, -0.2) is 35.0 Å². The Labute approximate surface area is 303 Å². The molecule has 0 aromatic heterocycles. The number of ether oxygens (including phenoxy) is 2. The minimum absolute atomic E-state index is 0.750. The number of fused-ring (bicyclic) bond motifs is 3. The number of hydrogen-bond donors (Lipinski definition) is 0. The Kier molecular flexibility index (Phi) is 20.7. The highest BCUT2D eigenvalue weighted by Gasteiger charge is 2.51. The average molecular weight is 695 g/mol. The molecule has 278 valence electrons. The third kappa shape index (κ3) is 13.3. The lowest BCUT2D eigenvalue weighted by atomic mass is 10.0. The molecule has 0 bridgehead atoms. The molecule has 0 aliphatic carbocycles. The van der Waals surface area contributed by atoms with Gasteiger partial charge in [-0.25, -0.2) is 0 Å². The molecule has 4 nitrogen and oxygen atoms in total. The van der Waals surface area contributed by atoms with E-state index in [-0.39, 0.29) is 0 Å². The van der Waals surface area contributed by atoms with Crippen molar-refractivity contribution in [3.63, 3.8) is 0 Å². The molecule has 0 saturated carbocycles. The fraction of sp³-hybridized carbons (Fsp3) is 0.727. The van der Waals surface area contributed by atoms with Gasteiger partial charge in [0.15, 0.2) is 0 Å². The number of benzene rings is 2. The second kappa shape index (κ2) is 24.4. The van der Waals surface area contributed by atoms with E-state index in [1.165, 1.54) is 148 Å². The fourth-order valence-corrected chi connectivity index (χ4v) is 10.9. The quantitative estimate of drug-likeness (QED) is 0.0602. The van der Waals surface area contributed by atoms with Crippen LogP contribution in [0.2, 0.25) is 0 Å². The summed E-state index contributed by atoms with van der Waals surface area (Å²) >= 11 is 0. The first-order chi connectivity index (χ1) is 24.0. The van der Waals surface area contributed by atoms with Crippen molar-refractivity contribution in [1.29, 1.82) is 0 Å². The van der Waals surface area contributed by atoms with Crippen molar-refractivity contribution in [2.45, 2.75) is 183 Å². The number of rotatable bonds is 30. The van der Waals surface area contributed by atoms with Gasteiger partial charge in [-0.1, -0.05) is 155 Å². The van der Waals surface area contributed by atoms with Crippen molar-refractivity contribution < 1.29 is 18.3 Å². The van der Waals surface area contributed by atoms with Crippen LogP contribution in [0.1, 0.15) is 180 Å². The second-order valence-electron chi connectivity index (χ2n) is 14.7. The first-order valence-corrected chi connectivity index (χ1v) is 22.7. The number of aryl methyl sites for hydroxylation is 2. The van der Waals surface area contributed by atoms with Gasteiger partial charge >= 0.3 is 8.56 Å². The topological polar surface area (TPSA) is 36.9 Å². The molecule has 5 heteroatoms. The molecule has 0 fully saturated rings. The highest BCUT2D eigenvalue weighted by molar-refractivity contribution is 6.96. The van der Waals surface area contributed by atoms with Crippen LogP contribution >= 0.6 is 0 Å². The highest BCUT2D eigenvalue weighted by Crippen LogP contribution is 2.37. The van der Waals surface area contributed by atoms with Crippen molar-refractivity contribution in [2.24, 2.45) is 0 Å². The third-order valence-electron chi connectivity index (χ3n) is 10.2. The highest BCUT2D eigenvalue weighted by atomic mass is 28.4. The molecule has 2 aromatic rings. The molecule has 0 N–H and O–H groups in total. The smallest absolute Gasteiger partial charge is 0.408 e. The molecular formula is C44H74O4Si. The van der Waals surface area contributed by atoms with Crippen LogP contribution in [0.4, 0.5) is 0 Å². The van der Waals surface area contributed by atoms with Gasteiger partial charge in [-0.05, 0) is 73.9 Å². The minimum atomic E-state index is -2.95. The predicted molar refractivity (Wildman–Crippen MR) is 214 cm³/mol. The fourth-order valence-electron chi connectivity index (χ4n) is 7.15. The zero-order chi connectivity index (χ0) is 35.2. The van der Waals surface area contributed by atoms with E-state index in [1.54, 1.807) is 0 Å². The van der Waals surface area contributed by atoms with Gasteiger partial charge in [0, 0.05) is 23.6 Å².